The van der Waals surface area contributed by atoms with E-state index in [9.17, 15) is 4.79 Å². The van der Waals surface area contributed by atoms with Crippen molar-refractivity contribution >= 4 is 11.4 Å². The van der Waals surface area contributed by atoms with Crippen LogP contribution in [-0.2, 0) is 17.6 Å². The number of hydrogen-bond donors (Lipinski definition) is 0. The van der Waals surface area contributed by atoms with Crippen molar-refractivity contribution in [2.24, 2.45) is 5.92 Å². The van der Waals surface area contributed by atoms with E-state index in [4.69, 9.17) is 4.74 Å². The zero-order valence-electron chi connectivity index (χ0n) is 25.1. The van der Waals surface area contributed by atoms with Gasteiger partial charge < -0.3 is 4.74 Å². The summed E-state index contributed by atoms with van der Waals surface area (Å²) >= 11 is 0. The first-order valence-corrected chi connectivity index (χ1v) is 15.3. The van der Waals surface area contributed by atoms with Gasteiger partial charge in [-0.05, 0) is 67.2 Å². The van der Waals surface area contributed by atoms with E-state index in [1.54, 1.807) is 6.33 Å². The largest absolute Gasteiger partial charge is 0.378 e. The molecule has 1 unspecified atom stereocenters. The van der Waals surface area contributed by atoms with E-state index < -0.39 is 0 Å². The van der Waals surface area contributed by atoms with Crippen LogP contribution in [0.4, 0.5) is 0 Å². The van der Waals surface area contributed by atoms with Crippen LogP contribution in [0.3, 0.4) is 0 Å². The summed E-state index contributed by atoms with van der Waals surface area (Å²) in [7, 11) is 0. The molecule has 1 fully saturated rings. The van der Waals surface area contributed by atoms with E-state index in [-0.39, 0.29) is 17.7 Å². The van der Waals surface area contributed by atoms with E-state index >= 15 is 0 Å². The number of benzene rings is 2. The normalized spacial score (nSPS) is 18.0. The van der Waals surface area contributed by atoms with Gasteiger partial charge in [0.1, 0.15) is 6.33 Å². The summed E-state index contributed by atoms with van der Waals surface area (Å²) in [5, 5.41) is 4.60. The fourth-order valence-electron chi connectivity index (χ4n) is 6.08. The Balaban J connectivity index is 1.45. The van der Waals surface area contributed by atoms with Crippen LogP contribution in [0, 0.1) is 5.92 Å². The predicted octanol–water partition coefficient (Wildman–Crippen LogP) is 7.68. The zero-order valence-corrected chi connectivity index (χ0v) is 25.1. The van der Waals surface area contributed by atoms with Crippen molar-refractivity contribution in [1.29, 1.82) is 0 Å². The van der Waals surface area contributed by atoms with Crippen molar-refractivity contribution in [1.82, 2.24) is 19.2 Å². The third-order valence-corrected chi connectivity index (χ3v) is 8.67. The molecule has 216 valence electrons. The smallest absolute Gasteiger partial charge is 0.259 e. The second kappa shape index (κ2) is 13.0. The summed E-state index contributed by atoms with van der Waals surface area (Å²) in [5.41, 5.74) is 7.53. The lowest BCUT2D eigenvalue weighted by Gasteiger charge is -2.31. The molecule has 0 radical (unpaired) electrons. The molecule has 4 aromatic rings. The monoisotopic (exact) mass is 552 g/mol. The van der Waals surface area contributed by atoms with Gasteiger partial charge in [0.25, 0.3) is 5.56 Å². The summed E-state index contributed by atoms with van der Waals surface area (Å²) in [6, 6.07) is 17.1. The third kappa shape index (κ3) is 6.23. The van der Waals surface area contributed by atoms with Crippen LogP contribution in [0.5, 0.6) is 0 Å². The summed E-state index contributed by atoms with van der Waals surface area (Å²) in [4.78, 5) is 18.8. The van der Waals surface area contributed by atoms with E-state index in [0.29, 0.717) is 18.1 Å². The molecule has 6 heteroatoms. The average Bonchev–Trinajstić information content (AvgIpc) is 3.48. The number of nitrogens with zero attached hydrogens (tertiary/aromatic N) is 4. The number of allylic oxidation sites excluding steroid dienone is 1. The van der Waals surface area contributed by atoms with Crippen LogP contribution in [0.25, 0.3) is 22.5 Å². The van der Waals surface area contributed by atoms with Gasteiger partial charge in [0.05, 0.1) is 11.8 Å². The lowest BCUT2D eigenvalue weighted by molar-refractivity contribution is 0.00257. The van der Waals surface area contributed by atoms with Gasteiger partial charge >= 0.3 is 0 Å². The lowest BCUT2D eigenvalue weighted by atomic mass is 9.92. The standard InChI is InChI=1S/C35H44N4O2/c1-6-10-33-32(21-26-13-15-27(16-14-26)31-12-9-8-11-30(31)24(3)4)34(40)38(35-36-23-37-39(33)35)28-17-19-29(20-18-28)41-22-25(5)7-2/h8-9,11-16,23,25,28-29H,3,6-7,10,17-22H2,1-2,4-5H3. The molecule has 1 atom stereocenters. The first kappa shape index (κ1) is 29.0. The number of fused-ring (bicyclic) bond motifs is 1. The van der Waals surface area contributed by atoms with Crippen molar-refractivity contribution in [3.8, 4) is 11.1 Å². The first-order valence-electron chi connectivity index (χ1n) is 15.3. The Hall–Kier alpha value is -3.51. The molecule has 1 saturated carbocycles. The van der Waals surface area contributed by atoms with Crippen LogP contribution in [-0.4, -0.2) is 31.9 Å². The lowest BCUT2D eigenvalue weighted by Crippen LogP contribution is -2.35. The van der Waals surface area contributed by atoms with Crippen molar-refractivity contribution in [3.05, 3.63) is 94.2 Å². The van der Waals surface area contributed by atoms with Crippen LogP contribution in [0.1, 0.15) is 94.6 Å². The van der Waals surface area contributed by atoms with Gasteiger partial charge in [-0.1, -0.05) is 94.3 Å². The Morgan fingerprint density at radius 3 is 2.49 bits per heavy atom. The predicted molar refractivity (Wildman–Crippen MR) is 167 cm³/mol. The van der Waals surface area contributed by atoms with Crippen molar-refractivity contribution in [2.45, 2.75) is 91.2 Å². The molecule has 0 spiro atoms. The minimum absolute atomic E-state index is 0.0784. The topological polar surface area (TPSA) is 61.4 Å². The second-order valence-electron chi connectivity index (χ2n) is 11.8. The molecular formula is C35H44N4O2. The highest BCUT2D eigenvalue weighted by Crippen LogP contribution is 2.32. The summed E-state index contributed by atoms with van der Waals surface area (Å²) in [6.07, 6.45) is 9.03. The number of aromatic nitrogens is 4. The summed E-state index contributed by atoms with van der Waals surface area (Å²) in [6.45, 7) is 13.6. The quantitative estimate of drug-likeness (QED) is 0.191. The minimum Gasteiger partial charge on any atom is -0.378 e. The van der Waals surface area contributed by atoms with Crippen molar-refractivity contribution in [2.75, 3.05) is 6.61 Å². The highest BCUT2D eigenvalue weighted by molar-refractivity contribution is 5.79. The molecule has 0 N–H and O–H groups in total. The molecule has 2 heterocycles. The Morgan fingerprint density at radius 1 is 1.07 bits per heavy atom. The zero-order chi connectivity index (χ0) is 28.9. The number of hydrogen-bond acceptors (Lipinski definition) is 4. The fraction of sp³-hybridized carbons (Fsp3) is 0.457. The maximum Gasteiger partial charge on any atom is 0.259 e. The van der Waals surface area contributed by atoms with E-state index in [1.807, 2.05) is 16.0 Å². The molecule has 0 amide bonds. The summed E-state index contributed by atoms with van der Waals surface area (Å²) in [5.74, 6) is 1.24. The van der Waals surface area contributed by atoms with Gasteiger partial charge in [0.15, 0.2) is 0 Å². The van der Waals surface area contributed by atoms with Gasteiger partial charge in [0.2, 0.25) is 5.78 Å². The number of aryl methyl sites for hydroxylation is 1. The van der Waals surface area contributed by atoms with Crippen LogP contribution < -0.4 is 5.56 Å². The molecule has 1 aliphatic rings. The van der Waals surface area contributed by atoms with Crippen molar-refractivity contribution < 1.29 is 4.74 Å². The van der Waals surface area contributed by atoms with Crippen LogP contribution >= 0.6 is 0 Å². The molecule has 0 bridgehead atoms. The highest BCUT2D eigenvalue weighted by Gasteiger charge is 2.28. The minimum atomic E-state index is 0.0784. The Morgan fingerprint density at radius 2 is 1.80 bits per heavy atom. The molecule has 0 saturated heterocycles. The third-order valence-electron chi connectivity index (χ3n) is 8.67. The molecule has 41 heavy (non-hydrogen) atoms. The number of rotatable bonds is 11. The summed E-state index contributed by atoms with van der Waals surface area (Å²) < 4.78 is 10.1. The molecule has 0 aliphatic heterocycles. The van der Waals surface area contributed by atoms with Gasteiger partial charge in [0, 0.05) is 24.6 Å². The van der Waals surface area contributed by atoms with Crippen LogP contribution in [0.2, 0.25) is 0 Å². The first-order chi connectivity index (χ1) is 19.9. The average molecular weight is 553 g/mol. The Bertz CT molecular complexity index is 1540. The Labute approximate surface area is 244 Å². The van der Waals surface area contributed by atoms with Crippen LogP contribution in [0.15, 0.2) is 66.2 Å². The molecule has 2 aromatic heterocycles. The fourth-order valence-corrected chi connectivity index (χ4v) is 6.08. The van der Waals surface area contributed by atoms with Gasteiger partial charge in [-0.15, -0.1) is 0 Å². The van der Waals surface area contributed by atoms with E-state index in [0.717, 1.165) is 85.1 Å². The molecule has 1 aliphatic carbocycles. The Kier molecular flexibility index (Phi) is 9.19. The maximum atomic E-state index is 14.3. The SMILES string of the molecule is C=C(C)c1ccccc1-c1ccc(Cc2c(CCC)n3ncnc3n(C3CCC(OCC(C)CC)CC3)c2=O)cc1. The van der Waals surface area contributed by atoms with E-state index in [1.165, 1.54) is 5.56 Å². The van der Waals surface area contributed by atoms with Gasteiger partial charge in [-0.25, -0.2) is 4.52 Å². The highest BCUT2D eigenvalue weighted by atomic mass is 16.5. The van der Waals surface area contributed by atoms with E-state index in [2.05, 4.69) is 86.0 Å². The second-order valence-corrected chi connectivity index (χ2v) is 11.8. The molecule has 6 nitrogen and oxygen atoms in total. The maximum absolute atomic E-state index is 14.3. The van der Waals surface area contributed by atoms with Gasteiger partial charge in [-0.2, -0.15) is 10.1 Å². The molecule has 5 rings (SSSR count). The number of ether oxygens (including phenoxy) is 1. The molecular weight excluding hydrogens is 508 g/mol. The van der Waals surface area contributed by atoms with Gasteiger partial charge in [-0.3, -0.25) is 9.36 Å². The van der Waals surface area contributed by atoms with Crippen molar-refractivity contribution in [3.63, 3.8) is 0 Å². The molecule has 2 aromatic carbocycles.